The number of hydrogen-bond donors (Lipinski definition) is 4. The van der Waals surface area contributed by atoms with Gasteiger partial charge in [0.25, 0.3) is 20.2 Å². The molecular weight excluding hydrogens is 628 g/mol. The number of methoxy groups -OCH3 is 1. The Hall–Kier alpha value is -3.31. The molecule has 0 saturated carbocycles. The Morgan fingerprint density at radius 1 is 0.977 bits per heavy atom. The molecule has 1 aliphatic rings. The Balaban J connectivity index is 0.000000503. The van der Waals surface area contributed by atoms with Crippen LogP contribution in [0.15, 0.2) is 82.0 Å². The molecule has 5 N–H and O–H groups in total. The molecule has 0 spiro atoms. The van der Waals surface area contributed by atoms with Crippen LogP contribution in [-0.4, -0.2) is 77.6 Å². The summed E-state index contributed by atoms with van der Waals surface area (Å²) in [7, 11) is -6.38. The lowest BCUT2D eigenvalue weighted by Gasteiger charge is -2.31. The fraction of sp³-hybridized carbons (Fsp3) is 0.333. The molecule has 0 amide bonds. The van der Waals surface area contributed by atoms with Gasteiger partial charge in [0.05, 0.1) is 60.8 Å². The van der Waals surface area contributed by atoms with Crippen LogP contribution in [-0.2, 0) is 44.0 Å². The molecule has 1 unspecified atom stereocenters. The average Bonchev–Trinajstić information content (AvgIpc) is 2.92. The lowest BCUT2D eigenvalue weighted by atomic mass is 9.80. The van der Waals surface area contributed by atoms with Crippen molar-refractivity contribution in [3.8, 4) is 0 Å². The second-order valence-electron chi connectivity index (χ2n) is 8.58. The van der Waals surface area contributed by atoms with Gasteiger partial charge in [-0.2, -0.15) is 16.8 Å². The molecule has 0 saturated heterocycles. The number of carbonyl (C=O) groups is 2. The van der Waals surface area contributed by atoms with E-state index in [0.717, 1.165) is 0 Å². The van der Waals surface area contributed by atoms with E-state index < -0.39 is 38.1 Å². The summed E-state index contributed by atoms with van der Waals surface area (Å²) in [4.78, 5) is 25.4. The van der Waals surface area contributed by atoms with Gasteiger partial charge in [0, 0.05) is 17.3 Å². The first-order chi connectivity index (χ1) is 20.1. The number of carbonyl (C=O) groups excluding carboxylic acids is 2. The predicted octanol–water partition coefficient (Wildman–Crippen LogP) is 2.70. The van der Waals surface area contributed by atoms with Gasteiger partial charge in [0.2, 0.25) is 0 Å². The summed E-state index contributed by atoms with van der Waals surface area (Å²) in [6.07, 6.45) is 0.715. The van der Waals surface area contributed by atoms with Crippen molar-refractivity contribution in [3.63, 3.8) is 0 Å². The van der Waals surface area contributed by atoms with Gasteiger partial charge in [-0.15, -0.1) is 0 Å². The Kier molecular flexibility index (Phi) is 15.5. The molecule has 0 radical (unpaired) electrons. The second kappa shape index (κ2) is 17.7. The first kappa shape index (κ1) is 37.7. The van der Waals surface area contributed by atoms with Crippen molar-refractivity contribution in [3.05, 3.63) is 87.7 Å². The zero-order chi connectivity index (χ0) is 32.8. The molecule has 16 heteroatoms. The van der Waals surface area contributed by atoms with Crippen molar-refractivity contribution in [1.29, 1.82) is 0 Å². The third kappa shape index (κ3) is 12.8. The van der Waals surface area contributed by atoms with E-state index in [4.69, 9.17) is 40.7 Å². The summed E-state index contributed by atoms with van der Waals surface area (Å²) < 4.78 is 70.9. The highest BCUT2D eigenvalue weighted by molar-refractivity contribution is 7.85. The van der Waals surface area contributed by atoms with Crippen LogP contribution in [0.5, 0.6) is 0 Å². The molecule has 13 nitrogen and oxygen atoms in total. The SMILES string of the molecule is CCOC(=O)C1=C(COCCN)NC(C)=C(C(=O)OC)C1c1ccccc1Cl.CS(=O)(=O)O.O=S(=O)(O)c1ccccc1. The molecule has 2 aromatic rings. The van der Waals surface area contributed by atoms with Crippen molar-refractivity contribution in [2.24, 2.45) is 5.73 Å². The number of esters is 2. The van der Waals surface area contributed by atoms with E-state index in [2.05, 4.69) is 5.32 Å². The Morgan fingerprint density at radius 3 is 2.00 bits per heavy atom. The van der Waals surface area contributed by atoms with Gasteiger partial charge in [-0.25, -0.2) is 9.59 Å². The molecule has 3 rings (SSSR count). The summed E-state index contributed by atoms with van der Waals surface area (Å²) in [6, 6.07) is 14.5. The molecule has 0 bridgehead atoms. The van der Waals surface area contributed by atoms with Crippen LogP contribution in [0.3, 0.4) is 0 Å². The summed E-state index contributed by atoms with van der Waals surface area (Å²) >= 11 is 6.42. The van der Waals surface area contributed by atoms with E-state index in [1.807, 2.05) is 0 Å². The second-order valence-corrected chi connectivity index (χ2v) is 11.9. The number of dihydropyridines is 1. The molecule has 0 fully saturated rings. The minimum absolute atomic E-state index is 0.0741. The third-order valence-corrected chi connectivity index (χ3v) is 6.52. The van der Waals surface area contributed by atoms with E-state index in [1.54, 1.807) is 56.3 Å². The number of hydrogen-bond acceptors (Lipinski definition) is 11. The van der Waals surface area contributed by atoms with Crippen LogP contribution < -0.4 is 11.1 Å². The number of rotatable bonds is 9. The van der Waals surface area contributed by atoms with Crippen molar-refractivity contribution in [2.45, 2.75) is 24.7 Å². The smallest absolute Gasteiger partial charge is 0.336 e. The highest BCUT2D eigenvalue weighted by atomic mass is 35.5. The quantitative estimate of drug-likeness (QED) is 0.173. The Bertz CT molecular complexity index is 1520. The number of benzene rings is 2. The van der Waals surface area contributed by atoms with Crippen molar-refractivity contribution >= 4 is 43.8 Å². The van der Waals surface area contributed by atoms with Crippen LogP contribution in [0, 0.1) is 0 Å². The molecular formula is C27H35ClN2O11S2. The minimum atomic E-state index is -4.00. The summed E-state index contributed by atoms with van der Waals surface area (Å²) in [5.41, 5.74) is 7.70. The molecule has 43 heavy (non-hydrogen) atoms. The predicted molar refractivity (Wildman–Crippen MR) is 159 cm³/mol. The molecule has 1 atom stereocenters. The standard InChI is InChI=1S/C20H25ClN2O5.C6H6O3S.CH4O3S/c1-4-28-20(25)18-15(11-27-10-9-22)23-12(2)16(19(24)26-3)17(18)13-7-5-6-8-14(13)21;7-10(8,9)6-4-2-1-3-5-6;1-5(2,3)4/h5-8,17,23H,4,9-11,22H2,1-3H3;1-5H,(H,7,8,9);1H3,(H,2,3,4). The molecule has 0 aromatic heterocycles. The highest BCUT2D eigenvalue weighted by Crippen LogP contribution is 2.41. The van der Waals surface area contributed by atoms with E-state index in [9.17, 15) is 26.4 Å². The Morgan fingerprint density at radius 2 is 1.53 bits per heavy atom. The fourth-order valence-electron chi connectivity index (χ4n) is 3.71. The summed E-state index contributed by atoms with van der Waals surface area (Å²) in [5.74, 6) is -1.86. The van der Waals surface area contributed by atoms with Crippen LogP contribution in [0.4, 0.5) is 0 Å². The van der Waals surface area contributed by atoms with E-state index in [0.29, 0.717) is 47.0 Å². The van der Waals surface area contributed by atoms with Gasteiger partial charge < -0.3 is 25.3 Å². The lowest BCUT2D eigenvalue weighted by molar-refractivity contribution is -0.139. The van der Waals surface area contributed by atoms with Gasteiger partial charge in [-0.05, 0) is 37.6 Å². The number of nitrogens with two attached hydrogens (primary N) is 1. The first-order valence-electron chi connectivity index (χ1n) is 12.5. The normalized spacial score (nSPS) is 14.8. The van der Waals surface area contributed by atoms with Gasteiger partial charge in [-0.3, -0.25) is 9.11 Å². The third-order valence-electron chi connectivity index (χ3n) is 5.31. The zero-order valence-electron chi connectivity index (χ0n) is 23.9. The van der Waals surface area contributed by atoms with Gasteiger partial charge in [-0.1, -0.05) is 48.0 Å². The monoisotopic (exact) mass is 662 g/mol. The van der Waals surface area contributed by atoms with Gasteiger partial charge >= 0.3 is 11.9 Å². The number of halogens is 1. The number of allylic oxidation sites excluding steroid dienone is 1. The maximum Gasteiger partial charge on any atom is 0.336 e. The van der Waals surface area contributed by atoms with E-state index in [1.165, 1.54) is 19.2 Å². The van der Waals surface area contributed by atoms with E-state index in [-0.39, 0.29) is 23.7 Å². The van der Waals surface area contributed by atoms with Crippen LogP contribution in [0.2, 0.25) is 5.02 Å². The largest absolute Gasteiger partial charge is 0.466 e. The summed E-state index contributed by atoms with van der Waals surface area (Å²) in [5, 5.41) is 3.52. The molecule has 1 heterocycles. The molecule has 1 aliphatic heterocycles. The fourth-order valence-corrected chi connectivity index (χ4v) is 4.46. The number of ether oxygens (including phenoxy) is 3. The highest BCUT2D eigenvalue weighted by Gasteiger charge is 2.39. The molecule has 2 aromatic carbocycles. The van der Waals surface area contributed by atoms with E-state index >= 15 is 0 Å². The van der Waals surface area contributed by atoms with Gasteiger partial charge in [0.15, 0.2) is 0 Å². The van der Waals surface area contributed by atoms with Crippen molar-refractivity contribution < 1.29 is 49.7 Å². The van der Waals surface area contributed by atoms with Crippen molar-refractivity contribution in [1.82, 2.24) is 5.32 Å². The van der Waals surface area contributed by atoms with Gasteiger partial charge in [0.1, 0.15) is 0 Å². The average molecular weight is 663 g/mol. The zero-order valence-corrected chi connectivity index (χ0v) is 26.3. The molecule has 238 valence electrons. The lowest BCUT2D eigenvalue weighted by Crippen LogP contribution is -2.35. The van der Waals surface area contributed by atoms with Crippen molar-refractivity contribution in [2.75, 3.05) is 39.7 Å². The van der Waals surface area contributed by atoms with Crippen LogP contribution in [0.1, 0.15) is 25.3 Å². The Labute approximate surface area is 256 Å². The summed E-state index contributed by atoms with van der Waals surface area (Å²) in [6.45, 7) is 4.42. The number of nitrogens with one attached hydrogen (secondary N) is 1. The molecule has 0 aliphatic carbocycles. The topological polar surface area (TPSA) is 209 Å². The minimum Gasteiger partial charge on any atom is -0.466 e. The van der Waals surface area contributed by atoms with Crippen LogP contribution in [0.25, 0.3) is 0 Å². The first-order valence-corrected chi connectivity index (χ1v) is 16.2. The maximum absolute atomic E-state index is 12.9. The van der Waals surface area contributed by atoms with Crippen LogP contribution >= 0.6 is 11.6 Å². The maximum atomic E-state index is 12.9.